The van der Waals surface area contributed by atoms with Crippen molar-refractivity contribution in [2.45, 2.75) is 25.5 Å². The summed E-state index contributed by atoms with van der Waals surface area (Å²) in [6.07, 6.45) is 2.89. The molecule has 0 unspecified atom stereocenters. The largest absolute Gasteiger partial charge is 0.480 e. The Balaban J connectivity index is 1.80. The molecule has 1 fully saturated rings. The summed E-state index contributed by atoms with van der Waals surface area (Å²) in [6, 6.07) is 0.834. The number of ether oxygens (including phenoxy) is 1. The first kappa shape index (κ1) is 13.3. The van der Waals surface area contributed by atoms with Crippen LogP contribution >= 0.6 is 0 Å². The van der Waals surface area contributed by atoms with Gasteiger partial charge >= 0.3 is 5.97 Å². The van der Waals surface area contributed by atoms with Crippen LogP contribution in [0.2, 0.25) is 0 Å². The van der Waals surface area contributed by atoms with E-state index in [9.17, 15) is 9.59 Å². The van der Waals surface area contributed by atoms with E-state index in [1.54, 1.807) is 12.3 Å². The lowest BCUT2D eigenvalue weighted by molar-refractivity contribution is -0.147. The van der Waals surface area contributed by atoms with Crippen LogP contribution in [0.25, 0.3) is 11.0 Å². The van der Waals surface area contributed by atoms with Gasteiger partial charge in [0.15, 0.2) is 5.58 Å². The summed E-state index contributed by atoms with van der Waals surface area (Å²) in [5.41, 5.74) is 0.490. The van der Waals surface area contributed by atoms with Crippen LogP contribution in [0.5, 0.6) is 5.88 Å². The van der Waals surface area contributed by atoms with Crippen molar-refractivity contribution < 1.29 is 24.0 Å². The average Bonchev–Trinajstić information content (AvgIpc) is 3.04. The zero-order chi connectivity index (χ0) is 15.0. The van der Waals surface area contributed by atoms with Gasteiger partial charge in [0.25, 0.3) is 5.88 Å². The first-order chi connectivity index (χ1) is 10.1. The van der Waals surface area contributed by atoms with Crippen LogP contribution in [0.15, 0.2) is 23.0 Å². The molecule has 2 aromatic heterocycles. The number of rotatable bonds is 3. The molecule has 21 heavy (non-hydrogen) atoms. The topological polar surface area (TPSA) is 106 Å². The van der Waals surface area contributed by atoms with Crippen molar-refractivity contribution in [1.29, 1.82) is 0 Å². The number of nitrogens with zero attached hydrogens (tertiary/aromatic N) is 3. The van der Waals surface area contributed by atoms with Gasteiger partial charge in [-0.2, -0.15) is 0 Å². The lowest BCUT2D eigenvalue weighted by atomic mass is 10.2. The first-order valence-corrected chi connectivity index (χ1v) is 6.42. The summed E-state index contributed by atoms with van der Waals surface area (Å²) < 4.78 is 10.8. The Bertz CT molecular complexity index is 676. The second-order valence-corrected chi connectivity index (χ2v) is 4.86. The number of aliphatic carboxylic acids is 1. The number of amides is 1. The molecule has 3 heterocycles. The third kappa shape index (κ3) is 2.39. The van der Waals surface area contributed by atoms with Gasteiger partial charge in [0.2, 0.25) is 5.91 Å². The summed E-state index contributed by atoms with van der Waals surface area (Å²) in [7, 11) is 0. The summed E-state index contributed by atoms with van der Waals surface area (Å²) in [5.74, 6) is -1.04. The Labute approximate surface area is 119 Å². The fourth-order valence-corrected chi connectivity index (χ4v) is 2.48. The van der Waals surface area contributed by atoms with Crippen LogP contribution < -0.4 is 4.74 Å². The highest BCUT2D eigenvalue weighted by molar-refractivity contribution is 5.83. The van der Waals surface area contributed by atoms with E-state index in [1.807, 2.05) is 0 Å². The molecule has 1 saturated heterocycles. The number of hydrogen-bond donors (Lipinski definition) is 1. The number of carbonyl (C=O) groups excluding carboxylic acids is 1. The lowest BCUT2D eigenvalue weighted by Gasteiger charge is -2.18. The molecule has 1 aliphatic rings. The van der Waals surface area contributed by atoms with Crippen molar-refractivity contribution in [3.63, 3.8) is 0 Å². The van der Waals surface area contributed by atoms with Crippen LogP contribution in [0, 0.1) is 0 Å². The van der Waals surface area contributed by atoms with Crippen molar-refractivity contribution in [1.82, 2.24) is 15.0 Å². The average molecular weight is 291 g/mol. The van der Waals surface area contributed by atoms with Gasteiger partial charge < -0.3 is 19.3 Å². The zero-order valence-electron chi connectivity index (χ0n) is 11.2. The molecular weight excluding hydrogens is 278 g/mol. The predicted octanol–water partition coefficient (Wildman–Crippen LogP) is 0.676. The van der Waals surface area contributed by atoms with Crippen LogP contribution in [0.4, 0.5) is 0 Å². The van der Waals surface area contributed by atoms with E-state index in [-0.39, 0.29) is 24.8 Å². The molecule has 8 nitrogen and oxygen atoms in total. The monoisotopic (exact) mass is 291 g/mol. The van der Waals surface area contributed by atoms with Gasteiger partial charge in [-0.1, -0.05) is 0 Å². The fraction of sp³-hybridized carbons (Fsp3) is 0.385. The van der Waals surface area contributed by atoms with E-state index in [4.69, 9.17) is 14.4 Å². The normalized spacial score (nSPS) is 21.7. The van der Waals surface area contributed by atoms with E-state index in [0.717, 1.165) is 0 Å². The molecular formula is C13H13N3O5. The number of pyridine rings is 1. The van der Waals surface area contributed by atoms with Gasteiger partial charge in [-0.15, -0.1) is 0 Å². The molecule has 1 N–H and O–H groups in total. The molecule has 8 heteroatoms. The number of aromatic nitrogens is 2. The van der Waals surface area contributed by atoms with Crippen molar-refractivity contribution >= 4 is 22.8 Å². The molecule has 0 saturated carbocycles. The van der Waals surface area contributed by atoms with Crippen LogP contribution in [-0.4, -0.2) is 50.7 Å². The number of carboxylic acids is 1. The van der Waals surface area contributed by atoms with E-state index >= 15 is 0 Å². The highest BCUT2D eigenvalue weighted by Crippen LogP contribution is 2.28. The van der Waals surface area contributed by atoms with Crippen LogP contribution in [0.3, 0.4) is 0 Å². The fourth-order valence-electron chi connectivity index (χ4n) is 2.48. The Morgan fingerprint density at radius 1 is 1.52 bits per heavy atom. The minimum Gasteiger partial charge on any atom is -0.480 e. The highest BCUT2D eigenvalue weighted by Gasteiger charge is 2.40. The maximum absolute atomic E-state index is 11.5. The Morgan fingerprint density at radius 3 is 3.00 bits per heavy atom. The lowest BCUT2D eigenvalue weighted by Crippen LogP contribution is -2.39. The van der Waals surface area contributed by atoms with Crippen molar-refractivity contribution in [3.8, 4) is 5.88 Å². The smallest absolute Gasteiger partial charge is 0.326 e. The SMILES string of the molecule is CC(=O)N1C[C@@H](Oc2noc3cnccc23)C[C@H]1C(=O)O. The molecule has 0 spiro atoms. The van der Waals surface area contributed by atoms with Crippen molar-refractivity contribution in [2.75, 3.05) is 6.54 Å². The van der Waals surface area contributed by atoms with Crippen molar-refractivity contribution in [3.05, 3.63) is 18.5 Å². The highest BCUT2D eigenvalue weighted by atomic mass is 16.5. The summed E-state index contributed by atoms with van der Waals surface area (Å²) in [6.45, 7) is 1.56. The molecule has 0 bridgehead atoms. The third-order valence-electron chi connectivity index (χ3n) is 3.47. The molecule has 1 aliphatic heterocycles. The molecule has 2 atom stereocenters. The molecule has 0 aromatic carbocycles. The predicted molar refractivity (Wildman–Crippen MR) is 69.6 cm³/mol. The molecule has 110 valence electrons. The Kier molecular flexibility index (Phi) is 3.20. The minimum atomic E-state index is -1.04. The van der Waals surface area contributed by atoms with E-state index in [1.165, 1.54) is 18.0 Å². The number of fused-ring (bicyclic) bond motifs is 1. The zero-order valence-corrected chi connectivity index (χ0v) is 11.2. The Hall–Kier alpha value is -2.64. The quantitative estimate of drug-likeness (QED) is 0.886. The maximum Gasteiger partial charge on any atom is 0.326 e. The summed E-state index contributed by atoms with van der Waals surface area (Å²) >= 11 is 0. The summed E-state index contributed by atoms with van der Waals surface area (Å²) in [5, 5.41) is 13.6. The van der Waals surface area contributed by atoms with Gasteiger partial charge in [-0.25, -0.2) is 4.79 Å². The van der Waals surface area contributed by atoms with E-state index in [2.05, 4.69) is 10.1 Å². The second kappa shape index (κ2) is 5.04. The molecule has 3 rings (SSSR count). The molecule has 1 amide bonds. The summed E-state index contributed by atoms with van der Waals surface area (Å²) in [4.78, 5) is 27.9. The number of carbonyl (C=O) groups is 2. The van der Waals surface area contributed by atoms with E-state index in [0.29, 0.717) is 11.0 Å². The molecule has 0 aliphatic carbocycles. The van der Waals surface area contributed by atoms with Gasteiger partial charge in [0, 0.05) is 19.5 Å². The van der Waals surface area contributed by atoms with Gasteiger partial charge in [-0.05, 0) is 11.2 Å². The number of hydrogen-bond acceptors (Lipinski definition) is 6. The molecule has 2 aromatic rings. The van der Waals surface area contributed by atoms with Crippen molar-refractivity contribution in [2.24, 2.45) is 0 Å². The number of carboxylic acid groups (broad SMARTS) is 1. The first-order valence-electron chi connectivity index (χ1n) is 6.42. The second-order valence-electron chi connectivity index (χ2n) is 4.86. The number of likely N-dealkylation sites (tertiary alicyclic amines) is 1. The van der Waals surface area contributed by atoms with Gasteiger partial charge in [0.1, 0.15) is 12.1 Å². The minimum absolute atomic E-state index is 0.214. The van der Waals surface area contributed by atoms with Gasteiger partial charge in [0.05, 0.1) is 18.1 Å². The van der Waals surface area contributed by atoms with Gasteiger partial charge in [-0.3, -0.25) is 9.78 Å². The molecule has 0 radical (unpaired) electrons. The standard InChI is InChI=1S/C13H13N3O5/c1-7(17)16-6-8(4-10(16)13(18)19)20-12-9-2-3-14-5-11(9)21-15-12/h2-3,5,8,10H,4,6H2,1H3,(H,18,19)/t8-,10-/m0/s1. The Morgan fingerprint density at radius 2 is 2.33 bits per heavy atom. The van der Waals surface area contributed by atoms with Crippen LogP contribution in [-0.2, 0) is 9.59 Å². The maximum atomic E-state index is 11.5. The van der Waals surface area contributed by atoms with E-state index < -0.39 is 18.1 Å². The van der Waals surface area contributed by atoms with Crippen LogP contribution in [0.1, 0.15) is 13.3 Å². The third-order valence-corrected chi connectivity index (χ3v) is 3.47.